The summed E-state index contributed by atoms with van der Waals surface area (Å²) in [5.74, 6) is -2.25. The van der Waals surface area contributed by atoms with Crippen molar-refractivity contribution in [1.29, 1.82) is 0 Å². The molecule has 0 radical (unpaired) electrons. The SMILES string of the molecule is CC(NC(=O)Nc1ccc(C(=O)O)c(F)c1)c1ccsc1. The molecule has 2 aromatic rings. The van der Waals surface area contributed by atoms with Crippen LogP contribution in [0.5, 0.6) is 0 Å². The quantitative estimate of drug-likeness (QED) is 0.809. The van der Waals surface area contributed by atoms with E-state index in [4.69, 9.17) is 5.11 Å². The molecule has 0 aliphatic heterocycles. The Kier molecular flexibility index (Phi) is 4.54. The number of aromatic carboxylic acids is 1. The molecule has 21 heavy (non-hydrogen) atoms. The highest BCUT2D eigenvalue weighted by Crippen LogP contribution is 2.17. The lowest BCUT2D eigenvalue weighted by atomic mass is 10.2. The molecule has 0 fully saturated rings. The smallest absolute Gasteiger partial charge is 0.338 e. The van der Waals surface area contributed by atoms with Gasteiger partial charge < -0.3 is 15.7 Å². The van der Waals surface area contributed by atoms with Gasteiger partial charge in [0.1, 0.15) is 5.82 Å². The normalized spacial score (nSPS) is 11.7. The zero-order chi connectivity index (χ0) is 15.4. The van der Waals surface area contributed by atoms with Crippen molar-refractivity contribution in [2.75, 3.05) is 5.32 Å². The summed E-state index contributed by atoms with van der Waals surface area (Å²) < 4.78 is 13.5. The van der Waals surface area contributed by atoms with E-state index < -0.39 is 23.4 Å². The maximum atomic E-state index is 13.5. The maximum Gasteiger partial charge on any atom is 0.338 e. The second-order valence-corrected chi connectivity index (χ2v) is 5.16. The van der Waals surface area contributed by atoms with Crippen LogP contribution in [-0.4, -0.2) is 17.1 Å². The molecule has 0 saturated heterocycles. The van der Waals surface area contributed by atoms with Gasteiger partial charge in [0, 0.05) is 5.69 Å². The topological polar surface area (TPSA) is 78.4 Å². The van der Waals surface area contributed by atoms with Crippen LogP contribution in [0.2, 0.25) is 0 Å². The number of halogens is 1. The molecule has 3 N–H and O–H groups in total. The number of carbonyl (C=O) groups excluding carboxylic acids is 1. The lowest BCUT2D eigenvalue weighted by Gasteiger charge is -2.13. The summed E-state index contributed by atoms with van der Waals surface area (Å²) in [5, 5.41) is 17.7. The molecule has 1 atom stereocenters. The Labute approximate surface area is 124 Å². The highest BCUT2D eigenvalue weighted by molar-refractivity contribution is 7.07. The number of nitrogens with one attached hydrogen (secondary N) is 2. The minimum atomic E-state index is -1.35. The van der Waals surface area contributed by atoms with Crippen molar-refractivity contribution in [2.45, 2.75) is 13.0 Å². The zero-order valence-electron chi connectivity index (χ0n) is 11.1. The van der Waals surface area contributed by atoms with E-state index in [0.29, 0.717) is 0 Å². The average molecular weight is 308 g/mol. The summed E-state index contributed by atoms with van der Waals surface area (Å²) in [6, 6.07) is 4.64. The highest BCUT2D eigenvalue weighted by atomic mass is 32.1. The van der Waals surface area contributed by atoms with Gasteiger partial charge in [-0.1, -0.05) is 0 Å². The van der Waals surface area contributed by atoms with Crippen LogP contribution in [-0.2, 0) is 0 Å². The Balaban J connectivity index is 2.00. The first-order chi connectivity index (χ1) is 9.97. The molecular formula is C14H13FN2O3S. The van der Waals surface area contributed by atoms with Crippen molar-refractivity contribution in [1.82, 2.24) is 5.32 Å². The number of rotatable bonds is 4. The molecule has 2 amide bonds. The third-order valence-corrected chi connectivity index (χ3v) is 3.55. The average Bonchev–Trinajstić information content (AvgIpc) is 2.91. The number of amides is 2. The van der Waals surface area contributed by atoms with E-state index in [0.717, 1.165) is 17.7 Å². The molecule has 0 saturated carbocycles. The fourth-order valence-corrected chi connectivity index (χ4v) is 2.49. The van der Waals surface area contributed by atoms with Crippen LogP contribution in [0.15, 0.2) is 35.0 Å². The number of carboxylic acids is 1. The fraction of sp³-hybridized carbons (Fsp3) is 0.143. The predicted molar refractivity (Wildman–Crippen MR) is 78.2 cm³/mol. The Morgan fingerprint density at radius 2 is 2.10 bits per heavy atom. The summed E-state index contributed by atoms with van der Waals surface area (Å²) in [7, 11) is 0. The van der Waals surface area contributed by atoms with E-state index in [1.54, 1.807) is 0 Å². The monoisotopic (exact) mass is 308 g/mol. The molecule has 1 aromatic carbocycles. The van der Waals surface area contributed by atoms with Crippen LogP contribution in [0.25, 0.3) is 0 Å². The van der Waals surface area contributed by atoms with Crippen molar-refractivity contribution in [2.24, 2.45) is 0 Å². The van der Waals surface area contributed by atoms with Gasteiger partial charge in [-0.15, -0.1) is 0 Å². The van der Waals surface area contributed by atoms with E-state index in [-0.39, 0.29) is 11.7 Å². The van der Waals surface area contributed by atoms with E-state index in [1.807, 2.05) is 23.8 Å². The molecule has 1 heterocycles. The second-order valence-electron chi connectivity index (χ2n) is 4.38. The first-order valence-corrected chi connectivity index (χ1v) is 7.04. The molecule has 1 unspecified atom stereocenters. The lowest BCUT2D eigenvalue weighted by molar-refractivity contribution is 0.0692. The predicted octanol–water partition coefficient (Wildman–Crippen LogP) is 3.47. The minimum absolute atomic E-state index is 0.181. The molecule has 7 heteroatoms. The van der Waals surface area contributed by atoms with E-state index in [2.05, 4.69) is 10.6 Å². The van der Waals surface area contributed by atoms with Crippen LogP contribution >= 0.6 is 11.3 Å². The van der Waals surface area contributed by atoms with Gasteiger partial charge in [-0.05, 0) is 47.5 Å². The van der Waals surface area contributed by atoms with E-state index >= 15 is 0 Å². The summed E-state index contributed by atoms with van der Waals surface area (Å²) >= 11 is 1.53. The fourth-order valence-electron chi connectivity index (χ4n) is 1.73. The Bertz CT molecular complexity index is 658. The van der Waals surface area contributed by atoms with Crippen LogP contribution in [0, 0.1) is 5.82 Å². The van der Waals surface area contributed by atoms with Crippen LogP contribution in [0.1, 0.15) is 28.9 Å². The highest BCUT2D eigenvalue weighted by Gasteiger charge is 2.13. The van der Waals surface area contributed by atoms with Gasteiger partial charge in [-0.2, -0.15) is 11.3 Å². The molecule has 0 aliphatic rings. The maximum absolute atomic E-state index is 13.5. The molecule has 0 spiro atoms. The third-order valence-electron chi connectivity index (χ3n) is 2.85. The zero-order valence-corrected chi connectivity index (χ0v) is 11.9. The van der Waals surface area contributed by atoms with Crippen molar-refractivity contribution < 1.29 is 19.1 Å². The second kappa shape index (κ2) is 6.36. The van der Waals surface area contributed by atoms with Crippen molar-refractivity contribution in [3.63, 3.8) is 0 Å². The lowest BCUT2D eigenvalue weighted by Crippen LogP contribution is -2.31. The Morgan fingerprint density at radius 3 is 2.67 bits per heavy atom. The van der Waals surface area contributed by atoms with Crippen molar-refractivity contribution in [3.8, 4) is 0 Å². The van der Waals surface area contributed by atoms with Crippen molar-refractivity contribution in [3.05, 3.63) is 52.0 Å². The van der Waals surface area contributed by atoms with Gasteiger partial charge in [0.15, 0.2) is 0 Å². The van der Waals surface area contributed by atoms with Crippen LogP contribution < -0.4 is 10.6 Å². The molecule has 0 aliphatic carbocycles. The summed E-state index contributed by atoms with van der Waals surface area (Å²) in [4.78, 5) is 22.5. The number of hydrogen-bond acceptors (Lipinski definition) is 3. The third kappa shape index (κ3) is 3.79. The van der Waals surface area contributed by atoms with Gasteiger partial charge in [0.2, 0.25) is 0 Å². The van der Waals surface area contributed by atoms with Gasteiger partial charge in [0.25, 0.3) is 0 Å². The van der Waals surface area contributed by atoms with Gasteiger partial charge in [-0.25, -0.2) is 14.0 Å². The molecule has 2 rings (SSSR count). The Morgan fingerprint density at radius 1 is 1.33 bits per heavy atom. The van der Waals surface area contributed by atoms with Gasteiger partial charge in [0.05, 0.1) is 11.6 Å². The largest absolute Gasteiger partial charge is 0.478 e. The molecule has 1 aromatic heterocycles. The van der Waals surface area contributed by atoms with E-state index in [1.165, 1.54) is 17.4 Å². The number of urea groups is 1. The molecular weight excluding hydrogens is 295 g/mol. The number of benzene rings is 1. The molecule has 5 nitrogen and oxygen atoms in total. The number of carboxylic acid groups (broad SMARTS) is 1. The first kappa shape index (κ1) is 15.0. The van der Waals surface area contributed by atoms with E-state index in [9.17, 15) is 14.0 Å². The first-order valence-electron chi connectivity index (χ1n) is 6.10. The number of carbonyl (C=O) groups is 2. The number of hydrogen-bond donors (Lipinski definition) is 3. The number of thiophene rings is 1. The van der Waals surface area contributed by atoms with Gasteiger partial charge >= 0.3 is 12.0 Å². The van der Waals surface area contributed by atoms with Crippen LogP contribution in [0.4, 0.5) is 14.9 Å². The summed E-state index contributed by atoms with van der Waals surface area (Å²) in [5.41, 5.74) is 0.725. The summed E-state index contributed by atoms with van der Waals surface area (Å²) in [6.07, 6.45) is 0. The Hall–Kier alpha value is -2.41. The van der Waals surface area contributed by atoms with Crippen LogP contribution in [0.3, 0.4) is 0 Å². The van der Waals surface area contributed by atoms with Crippen molar-refractivity contribution >= 4 is 29.0 Å². The minimum Gasteiger partial charge on any atom is -0.478 e. The number of anilines is 1. The standard InChI is InChI=1S/C14H13FN2O3S/c1-8(9-4-5-21-7-9)16-14(20)17-10-2-3-11(13(18)19)12(15)6-10/h2-8H,1H3,(H,18,19)(H2,16,17,20). The molecule has 110 valence electrons. The van der Waals surface area contributed by atoms with Gasteiger partial charge in [-0.3, -0.25) is 0 Å². The summed E-state index contributed by atoms with van der Waals surface area (Å²) in [6.45, 7) is 1.83. The molecule has 0 bridgehead atoms.